The molecule has 3 heterocycles. The summed E-state index contributed by atoms with van der Waals surface area (Å²) < 4.78 is 0. The van der Waals surface area contributed by atoms with Crippen LogP contribution in [-0.2, 0) is 6.54 Å². The lowest BCUT2D eigenvalue weighted by atomic mass is 9.88. The molecule has 1 aromatic rings. The first-order valence-corrected chi connectivity index (χ1v) is 6.01. The number of piperidine rings is 1. The topological polar surface area (TPSA) is 32.5 Å². The lowest BCUT2D eigenvalue weighted by Crippen LogP contribution is -2.66. The number of hydrogen-bond acceptors (Lipinski definition) is 3. The SMILES string of the molecule is CN1C2CC1CN(Cc1ccccc1N)C2. The average Bonchev–Trinajstić information content (AvgIpc) is 2.32. The van der Waals surface area contributed by atoms with E-state index in [4.69, 9.17) is 5.73 Å². The van der Waals surface area contributed by atoms with E-state index in [0.717, 1.165) is 24.3 Å². The second kappa shape index (κ2) is 3.75. The predicted molar refractivity (Wildman–Crippen MR) is 66.1 cm³/mol. The Balaban J connectivity index is 1.66. The summed E-state index contributed by atoms with van der Waals surface area (Å²) in [6.45, 7) is 3.40. The quantitative estimate of drug-likeness (QED) is 0.754. The molecule has 4 rings (SSSR count). The maximum absolute atomic E-state index is 5.97. The third-order valence-electron chi connectivity index (χ3n) is 4.08. The van der Waals surface area contributed by atoms with Crippen LogP contribution in [0.25, 0.3) is 0 Å². The number of anilines is 1. The number of nitrogens with zero attached hydrogens (tertiary/aromatic N) is 2. The summed E-state index contributed by atoms with van der Waals surface area (Å²) >= 11 is 0. The number of fused-ring (bicyclic) bond motifs is 2. The van der Waals surface area contributed by atoms with Crippen LogP contribution >= 0.6 is 0 Å². The van der Waals surface area contributed by atoms with Crippen LogP contribution in [0.2, 0.25) is 0 Å². The highest BCUT2D eigenvalue weighted by Crippen LogP contribution is 2.31. The summed E-state index contributed by atoms with van der Waals surface area (Å²) in [5.41, 5.74) is 8.17. The number of likely N-dealkylation sites (N-methyl/N-ethyl adjacent to an activating group) is 1. The highest BCUT2D eigenvalue weighted by Gasteiger charge is 2.41. The van der Waals surface area contributed by atoms with Crippen LogP contribution in [0.5, 0.6) is 0 Å². The second-order valence-electron chi connectivity index (χ2n) is 5.10. The summed E-state index contributed by atoms with van der Waals surface area (Å²) in [6.07, 6.45) is 1.39. The van der Waals surface area contributed by atoms with Crippen LogP contribution in [0.4, 0.5) is 5.69 Å². The highest BCUT2D eigenvalue weighted by molar-refractivity contribution is 5.46. The van der Waals surface area contributed by atoms with Crippen molar-refractivity contribution in [3.8, 4) is 0 Å². The molecule has 3 saturated heterocycles. The molecule has 86 valence electrons. The number of hydrogen-bond donors (Lipinski definition) is 1. The highest BCUT2D eigenvalue weighted by atomic mass is 15.3. The maximum Gasteiger partial charge on any atom is 0.0359 e. The Morgan fingerprint density at radius 3 is 2.56 bits per heavy atom. The van der Waals surface area contributed by atoms with Crippen molar-refractivity contribution in [2.24, 2.45) is 0 Å². The van der Waals surface area contributed by atoms with Gasteiger partial charge >= 0.3 is 0 Å². The van der Waals surface area contributed by atoms with E-state index in [1.807, 2.05) is 12.1 Å². The molecule has 3 aliphatic heterocycles. The van der Waals surface area contributed by atoms with E-state index in [9.17, 15) is 0 Å². The summed E-state index contributed by atoms with van der Waals surface area (Å²) in [6, 6.07) is 9.76. The number of nitrogens with two attached hydrogens (primary N) is 1. The first-order chi connectivity index (χ1) is 7.74. The smallest absolute Gasteiger partial charge is 0.0359 e. The van der Waals surface area contributed by atoms with E-state index in [1.54, 1.807) is 0 Å². The van der Waals surface area contributed by atoms with Gasteiger partial charge in [-0.1, -0.05) is 18.2 Å². The van der Waals surface area contributed by atoms with Gasteiger partial charge in [-0.3, -0.25) is 9.80 Å². The molecule has 0 amide bonds. The van der Waals surface area contributed by atoms with Crippen LogP contribution in [0.3, 0.4) is 0 Å². The van der Waals surface area contributed by atoms with Gasteiger partial charge in [0.2, 0.25) is 0 Å². The third-order valence-corrected chi connectivity index (χ3v) is 4.08. The molecule has 0 aliphatic carbocycles. The number of rotatable bonds is 2. The largest absolute Gasteiger partial charge is 0.398 e. The zero-order valence-electron chi connectivity index (χ0n) is 9.76. The standard InChI is InChI=1S/C13H19N3/c1-15-11-6-12(15)9-16(8-11)7-10-4-2-3-5-13(10)14/h2-5,11-12H,6-9,14H2,1H3. The Kier molecular flexibility index (Phi) is 2.37. The minimum atomic E-state index is 0.781. The Labute approximate surface area is 96.8 Å². The fourth-order valence-corrected chi connectivity index (χ4v) is 2.93. The minimum absolute atomic E-state index is 0.781. The molecule has 2 N–H and O–H groups in total. The molecule has 0 saturated carbocycles. The van der Waals surface area contributed by atoms with Gasteiger partial charge in [-0.05, 0) is 25.1 Å². The van der Waals surface area contributed by atoms with Crippen LogP contribution in [0.15, 0.2) is 24.3 Å². The van der Waals surface area contributed by atoms with Gasteiger partial charge in [-0.2, -0.15) is 0 Å². The Morgan fingerprint density at radius 2 is 1.94 bits per heavy atom. The number of nitrogen functional groups attached to an aromatic ring is 1. The zero-order valence-corrected chi connectivity index (χ0v) is 9.76. The fraction of sp³-hybridized carbons (Fsp3) is 0.538. The molecule has 0 radical (unpaired) electrons. The van der Waals surface area contributed by atoms with E-state index in [2.05, 4.69) is 29.0 Å². The fourth-order valence-electron chi connectivity index (χ4n) is 2.93. The molecule has 3 heteroatoms. The van der Waals surface area contributed by atoms with Gasteiger partial charge in [0.15, 0.2) is 0 Å². The van der Waals surface area contributed by atoms with Crippen LogP contribution < -0.4 is 5.73 Å². The Bertz CT molecular complexity index is 379. The van der Waals surface area contributed by atoms with Crippen molar-refractivity contribution in [2.45, 2.75) is 25.0 Å². The van der Waals surface area contributed by atoms with Crippen molar-refractivity contribution in [2.75, 3.05) is 25.9 Å². The molecule has 2 unspecified atom stereocenters. The number of para-hydroxylation sites is 1. The zero-order chi connectivity index (χ0) is 11.1. The molecule has 3 fully saturated rings. The van der Waals surface area contributed by atoms with Crippen molar-refractivity contribution in [3.05, 3.63) is 29.8 Å². The Morgan fingerprint density at radius 1 is 1.25 bits per heavy atom. The second-order valence-corrected chi connectivity index (χ2v) is 5.10. The lowest BCUT2D eigenvalue weighted by Gasteiger charge is -2.55. The number of piperazine rings is 1. The van der Waals surface area contributed by atoms with Gasteiger partial charge in [0, 0.05) is 37.4 Å². The molecule has 0 spiro atoms. The molecule has 3 aliphatic rings. The lowest BCUT2D eigenvalue weighted by molar-refractivity contribution is -0.0532. The first kappa shape index (κ1) is 10.1. The molecule has 0 aromatic heterocycles. The van der Waals surface area contributed by atoms with E-state index in [-0.39, 0.29) is 0 Å². The molecular formula is C13H19N3. The van der Waals surface area contributed by atoms with Crippen molar-refractivity contribution in [1.82, 2.24) is 9.80 Å². The summed E-state index contributed by atoms with van der Waals surface area (Å²) in [4.78, 5) is 5.04. The monoisotopic (exact) mass is 217 g/mol. The normalized spacial score (nSPS) is 30.1. The van der Waals surface area contributed by atoms with Crippen LogP contribution in [0.1, 0.15) is 12.0 Å². The molecular weight excluding hydrogens is 198 g/mol. The van der Waals surface area contributed by atoms with Gasteiger partial charge < -0.3 is 5.73 Å². The van der Waals surface area contributed by atoms with E-state index < -0.39 is 0 Å². The Hall–Kier alpha value is -1.06. The van der Waals surface area contributed by atoms with E-state index >= 15 is 0 Å². The summed E-state index contributed by atoms with van der Waals surface area (Å²) in [5.74, 6) is 0. The van der Waals surface area contributed by atoms with Crippen molar-refractivity contribution in [3.63, 3.8) is 0 Å². The van der Waals surface area contributed by atoms with E-state index in [1.165, 1.54) is 25.1 Å². The van der Waals surface area contributed by atoms with Gasteiger partial charge in [0.05, 0.1) is 0 Å². The van der Waals surface area contributed by atoms with Crippen LogP contribution in [-0.4, -0.2) is 42.0 Å². The van der Waals surface area contributed by atoms with Crippen molar-refractivity contribution < 1.29 is 0 Å². The third kappa shape index (κ3) is 1.60. The molecule has 1 aromatic carbocycles. The van der Waals surface area contributed by atoms with Gasteiger partial charge in [-0.25, -0.2) is 0 Å². The van der Waals surface area contributed by atoms with Crippen molar-refractivity contribution in [1.29, 1.82) is 0 Å². The minimum Gasteiger partial charge on any atom is -0.398 e. The summed E-state index contributed by atoms with van der Waals surface area (Å²) in [7, 11) is 2.24. The maximum atomic E-state index is 5.97. The summed E-state index contributed by atoms with van der Waals surface area (Å²) in [5, 5.41) is 0. The van der Waals surface area contributed by atoms with Crippen molar-refractivity contribution >= 4 is 5.69 Å². The van der Waals surface area contributed by atoms with Crippen LogP contribution in [0, 0.1) is 0 Å². The van der Waals surface area contributed by atoms with Gasteiger partial charge in [-0.15, -0.1) is 0 Å². The number of benzene rings is 1. The van der Waals surface area contributed by atoms with E-state index in [0.29, 0.717) is 0 Å². The molecule has 2 bridgehead atoms. The average molecular weight is 217 g/mol. The molecule has 3 nitrogen and oxygen atoms in total. The van der Waals surface area contributed by atoms with Gasteiger partial charge in [0.25, 0.3) is 0 Å². The first-order valence-electron chi connectivity index (χ1n) is 6.01. The van der Waals surface area contributed by atoms with Gasteiger partial charge in [0.1, 0.15) is 0 Å². The predicted octanol–water partition coefficient (Wildman–Crippen LogP) is 1.16. The molecule has 2 atom stereocenters. The molecule has 16 heavy (non-hydrogen) atoms.